The average Bonchev–Trinajstić information content (AvgIpc) is 2.42. The van der Waals surface area contributed by atoms with Gasteiger partial charge in [0.1, 0.15) is 5.75 Å². The second-order valence-electron chi connectivity index (χ2n) is 5.10. The number of nitrogens with one attached hydrogen (secondary N) is 1. The Morgan fingerprint density at radius 1 is 1.40 bits per heavy atom. The molecule has 20 heavy (non-hydrogen) atoms. The number of para-hydroxylation sites is 2. The molecule has 0 spiro atoms. The lowest BCUT2D eigenvalue weighted by molar-refractivity contribution is -0.123. The lowest BCUT2D eigenvalue weighted by Crippen LogP contribution is -2.33. The molecule has 0 aliphatic rings. The zero-order valence-corrected chi connectivity index (χ0v) is 12.6. The summed E-state index contributed by atoms with van der Waals surface area (Å²) < 4.78 is 5.37. The quantitative estimate of drug-likeness (QED) is 0.559. The van der Waals surface area contributed by atoms with Gasteiger partial charge in [0, 0.05) is 12.6 Å². The molecule has 1 aromatic carbocycles. The minimum Gasteiger partial charge on any atom is -0.482 e. The van der Waals surface area contributed by atoms with E-state index in [1.54, 1.807) is 12.1 Å². The first-order chi connectivity index (χ1) is 9.50. The van der Waals surface area contributed by atoms with E-state index in [1.807, 2.05) is 12.1 Å². The Kier molecular flexibility index (Phi) is 6.87. The molecule has 0 saturated heterocycles. The lowest BCUT2D eigenvalue weighted by atomic mass is 10.3. The van der Waals surface area contributed by atoms with Gasteiger partial charge in [-0.3, -0.25) is 4.79 Å². The molecule has 0 atom stereocenters. The molecule has 0 unspecified atom stereocenters. The van der Waals surface area contributed by atoms with E-state index in [1.165, 1.54) is 0 Å². The van der Waals surface area contributed by atoms with E-state index in [0.29, 0.717) is 24.0 Å². The highest BCUT2D eigenvalue weighted by molar-refractivity contribution is 5.77. The standard InChI is InChI=1S/C15H25N3O2/c1-12(2)18(3)10-6-9-17-15(19)11-20-14-8-5-4-7-13(14)16/h4-5,7-8,12H,6,9-11,16H2,1-3H3,(H,17,19). The molecule has 0 radical (unpaired) electrons. The fourth-order valence-electron chi connectivity index (χ4n) is 1.62. The number of hydrogen-bond donors (Lipinski definition) is 2. The molecule has 0 aliphatic carbocycles. The predicted molar refractivity (Wildman–Crippen MR) is 81.7 cm³/mol. The van der Waals surface area contributed by atoms with Gasteiger partial charge in [-0.2, -0.15) is 0 Å². The number of carbonyl (C=O) groups excluding carboxylic acids is 1. The number of benzene rings is 1. The van der Waals surface area contributed by atoms with Crippen LogP contribution in [0.3, 0.4) is 0 Å². The molecule has 1 amide bonds. The number of nitrogen functional groups attached to an aromatic ring is 1. The monoisotopic (exact) mass is 279 g/mol. The number of nitrogens with two attached hydrogens (primary N) is 1. The molecule has 1 aromatic rings. The predicted octanol–water partition coefficient (Wildman–Crippen LogP) is 1.49. The molecule has 112 valence electrons. The number of nitrogens with zero attached hydrogens (tertiary/aromatic N) is 1. The summed E-state index contributed by atoms with van der Waals surface area (Å²) >= 11 is 0. The van der Waals surface area contributed by atoms with Crippen LogP contribution in [0.25, 0.3) is 0 Å². The average molecular weight is 279 g/mol. The number of anilines is 1. The van der Waals surface area contributed by atoms with Gasteiger partial charge in [0.15, 0.2) is 6.61 Å². The van der Waals surface area contributed by atoms with Crippen LogP contribution in [0.15, 0.2) is 24.3 Å². The summed E-state index contributed by atoms with van der Waals surface area (Å²) in [6, 6.07) is 7.67. The van der Waals surface area contributed by atoms with Crippen LogP contribution in [0.4, 0.5) is 5.69 Å². The van der Waals surface area contributed by atoms with Crippen molar-refractivity contribution in [3.63, 3.8) is 0 Å². The number of rotatable bonds is 8. The molecule has 0 saturated carbocycles. The van der Waals surface area contributed by atoms with Gasteiger partial charge >= 0.3 is 0 Å². The zero-order valence-electron chi connectivity index (χ0n) is 12.6. The summed E-state index contributed by atoms with van der Waals surface area (Å²) in [6.45, 7) is 5.91. The van der Waals surface area contributed by atoms with Crippen molar-refractivity contribution in [3.8, 4) is 5.75 Å². The Hall–Kier alpha value is -1.75. The number of carbonyl (C=O) groups is 1. The Labute approximate surface area is 121 Å². The maximum absolute atomic E-state index is 11.6. The van der Waals surface area contributed by atoms with Gasteiger partial charge < -0.3 is 20.7 Å². The normalized spacial score (nSPS) is 10.8. The smallest absolute Gasteiger partial charge is 0.257 e. The molecular formula is C15H25N3O2. The van der Waals surface area contributed by atoms with Crippen LogP contribution < -0.4 is 15.8 Å². The largest absolute Gasteiger partial charge is 0.482 e. The second-order valence-corrected chi connectivity index (χ2v) is 5.10. The van der Waals surface area contributed by atoms with E-state index in [9.17, 15) is 4.79 Å². The topological polar surface area (TPSA) is 67.6 Å². The summed E-state index contributed by atoms with van der Waals surface area (Å²) in [5.74, 6) is 0.419. The fraction of sp³-hybridized carbons (Fsp3) is 0.533. The van der Waals surface area contributed by atoms with Gasteiger partial charge in [0.2, 0.25) is 0 Å². The van der Waals surface area contributed by atoms with Gasteiger partial charge in [-0.15, -0.1) is 0 Å². The molecule has 0 fully saturated rings. The minimum atomic E-state index is -0.125. The molecule has 1 rings (SSSR count). The van der Waals surface area contributed by atoms with Crippen molar-refractivity contribution >= 4 is 11.6 Å². The first-order valence-electron chi connectivity index (χ1n) is 6.95. The van der Waals surface area contributed by atoms with Crippen LogP contribution in [0.5, 0.6) is 5.75 Å². The van der Waals surface area contributed by atoms with Gasteiger partial charge in [0.05, 0.1) is 5.69 Å². The highest BCUT2D eigenvalue weighted by Gasteiger charge is 2.05. The van der Waals surface area contributed by atoms with Gasteiger partial charge in [-0.1, -0.05) is 12.1 Å². The molecule has 5 nitrogen and oxygen atoms in total. The highest BCUT2D eigenvalue weighted by Crippen LogP contribution is 2.19. The van der Waals surface area contributed by atoms with E-state index in [2.05, 4.69) is 31.1 Å². The molecular weight excluding hydrogens is 254 g/mol. The van der Waals surface area contributed by atoms with Gasteiger partial charge in [-0.05, 0) is 46.0 Å². The van der Waals surface area contributed by atoms with Crippen LogP contribution in [-0.2, 0) is 4.79 Å². The second kappa shape index (κ2) is 8.43. The van der Waals surface area contributed by atoms with Crippen molar-refractivity contribution < 1.29 is 9.53 Å². The molecule has 5 heteroatoms. The fourth-order valence-corrected chi connectivity index (χ4v) is 1.62. The van der Waals surface area contributed by atoms with Crippen LogP contribution in [0.1, 0.15) is 20.3 Å². The Bertz CT molecular complexity index is 421. The van der Waals surface area contributed by atoms with Crippen molar-refractivity contribution in [1.82, 2.24) is 10.2 Å². The third-order valence-electron chi connectivity index (χ3n) is 3.17. The first-order valence-corrected chi connectivity index (χ1v) is 6.95. The number of ether oxygens (including phenoxy) is 1. The Morgan fingerprint density at radius 2 is 2.10 bits per heavy atom. The SMILES string of the molecule is CC(C)N(C)CCCNC(=O)COc1ccccc1N. The van der Waals surface area contributed by atoms with E-state index < -0.39 is 0 Å². The van der Waals surface area contributed by atoms with Crippen LogP contribution >= 0.6 is 0 Å². The number of hydrogen-bond acceptors (Lipinski definition) is 4. The Morgan fingerprint density at radius 3 is 2.75 bits per heavy atom. The maximum Gasteiger partial charge on any atom is 0.257 e. The van der Waals surface area contributed by atoms with E-state index in [-0.39, 0.29) is 12.5 Å². The first kappa shape index (κ1) is 16.3. The van der Waals surface area contributed by atoms with E-state index in [4.69, 9.17) is 10.5 Å². The van der Waals surface area contributed by atoms with Crippen molar-refractivity contribution in [1.29, 1.82) is 0 Å². The summed E-state index contributed by atoms with van der Waals surface area (Å²) in [4.78, 5) is 13.9. The molecule has 0 aromatic heterocycles. The molecule has 0 heterocycles. The third kappa shape index (κ3) is 5.93. The third-order valence-corrected chi connectivity index (χ3v) is 3.17. The zero-order chi connectivity index (χ0) is 15.0. The van der Waals surface area contributed by atoms with Gasteiger partial charge in [0.25, 0.3) is 5.91 Å². The lowest BCUT2D eigenvalue weighted by Gasteiger charge is -2.20. The summed E-state index contributed by atoms with van der Waals surface area (Å²) in [5, 5.41) is 2.84. The van der Waals surface area contributed by atoms with Gasteiger partial charge in [-0.25, -0.2) is 0 Å². The maximum atomic E-state index is 11.6. The van der Waals surface area contributed by atoms with E-state index >= 15 is 0 Å². The van der Waals surface area contributed by atoms with Crippen molar-refractivity contribution in [3.05, 3.63) is 24.3 Å². The highest BCUT2D eigenvalue weighted by atomic mass is 16.5. The Balaban J connectivity index is 2.17. The summed E-state index contributed by atoms with van der Waals surface area (Å²) in [7, 11) is 2.08. The van der Waals surface area contributed by atoms with Crippen LogP contribution in [0.2, 0.25) is 0 Å². The molecule has 0 bridgehead atoms. The van der Waals surface area contributed by atoms with Crippen molar-refractivity contribution in [2.45, 2.75) is 26.3 Å². The van der Waals surface area contributed by atoms with Crippen molar-refractivity contribution in [2.75, 3.05) is 32.5 Å². The molecule has 0 aliphatic heterocycles. The molecule has 3 N–H and O–H groups in total. The summed E-state index contributed by atoms with van der Waals surface area (Å²) in [6.07, 6.45) is 0.924. The number of amides is 1. The van der Waals surface area contributed by atoms with Crippen LogP contribution in [-0.4, -0.2) is 43.6 Å². The minimum absolute atomic E-state index is 0.00572. The van der Waals surface area contributed by atoms with Crippen LogP contribution in [0, 0.1) is 0 Å². The summed E-state index contributed by atoms with van der Waals surface area (Å²) in [5.41, 5.74) is 6.27. The van der Waals surface area contributed by atoms with Crippen molar-refractivity contribution in [2.24, 2.45) is 0 Å². The van der Waals surface area contributed by atoms with E-state index in [0.717, 1.165) is 13.0 Å².